The molecule has 0 atom stereocenters. The van der Waals surface area contributed by atoms with Crippen LogP contribution >= 0.6 is 23.2 Å². The van der Waals surface area contributed by atoms with Gasteiger partial charge >= 0.3 is 0 Å². The maximum absolute atomic E-state index is 12.8. The average Bonchev–Trinajstić information content (AvgIpc) is 2.92. The molecule has 0 aliphatic carbocycles. The molecular formula is C16H17Cl2N3O4S. The van der Waals surface area contributed by atoms with E-state index in [0.717, 1.165) is 0 Å². The van der Waals surface area contributed by atoms with Crippen molar-refractivity contribution in [2.24, 2.45) is 0 Å². The molecule has 26 heavy (non-hydrogen) atoms. The standard InChI is InChI=1S/C16H17Cl2N3O4S/c1-10-15(11(2)25-19-10)26(23,24)21-5-3-20(4-6-21)16(22)12-7-13(17)9-14(18)8-12/h7-9H,3-6H2,1-2H3. The molecule has 0 N–H and O–H groups in total. The predicted octanol–water partition coefficient (Wildman–Crippen LogP) is 2.74. The molecule has 10 heteroatoms. The van der Waals surface area contributed by atoms with Gasteiger partial charge < -0.3 is 9.42 Å². The van der Waals surface area contributed by atoms with Gasteiger partial charge in [-0.1, -0.05) is 28.4 Å². The molecule has 2 aromatic rings. The molecule has 0 unspecified atom stereocenters. The molecule has 1 amide bonds. The van der Waals surface area contributed by atoms with Crippen LogP contribution < -0.4 is 0 Å². The maximum Gasteiger partial charge on any atom is 0.254 e. The first-order valence-electron chi connectivity index (χ1n) is 7.88. The second kappa shape index (κ2) is 7.19. The topological polar surface area (TPSA) is 83.7 Å². The normalized spacial score (nSPS) is 16.1. The van der Waals surface area contributed by atoms with E-state index in [0.29, 0.717) is 21.3 Å². The molecule has 1 aliphatic rings. The number of sulfonamides is 1. The molecule has 0 radical (unpaired) electrons. The molecular weight excluding hydrogens is 401 g/mol. The molecule has 140 valence electrons. The van der Waals surface area contributed by atoms with Gasteiger partial charge in [-0.3, -0.25) is 4.79 Å². The van der Waals surface area contributed by atoms with E-state index in [1.165, 1.54) is 4.31 Å². The van der Waals surface area contributed by atoms with Gasteiger partial charge in [0.05, 0.1) is 0 Å². The molecule has 1 fully saturated rings. The number of aromatic nitrogens is 1. The highest BCUT2D eigenvalue weighted by molar-refractivity contribution is 7.89. The van der Waals surface area contributed by atoms with Crippen molar-refractivity contribution in [1.29, 1.82) is 0 Å². The van der Waals surface area contributed by atoms with Crippen molar-refractivity contribution in [3.05, 3.63) is 45.3 Å². The first-order chi connectivity index (χ1) is 12.2. The first-order valence-corrected chi connectivity index (χ1v) is 10.1. The second-order valence-corrected chi connectivity index (χ2v) is 8.76. The third-order valence-electron chi connectivity index (χ3n) is 4.20. The summed E-state index contributed by atoms with van der Waals surface area (Å²) in [7, 11) is -3.71. The van der Waals surface area contributed by atoms with E-state index < -0.39 is 10.0 Å². The monoisotopic (exact) mass is 417 g/mol. The zero-order valence-electron chi connectivity index (χ0n) is 14.2. The smallest absolute Gasteiger partial charge is 0.254 e. The number of aryl methyl sites for hydroxylation is 2. The zero-order valence-corrected chi connectivity index (χ0v) is 16.5. The minimum atomic E-state index is -3.71. The molecule has 0 saturated carbocycles. The van der Waals surface area contributed by atoms with Crippen LogP contribution in [0.25, 0.3) is 0 Å². The number of amides is 1. The second-order valence-electron chi connectivity index (χ2n) is 6.01. The number of hydrogen-bond donors (Lipinski definition) is 0. The highest BCUT2D eigenvalue weighted by Gasteiger charge is 2.34. The Labute approximate surface area is 161 Å². The lowest BCUT2D eigenvalue weighted by molar-refractivity contribution is 0.0698. The lowest BCUT2D eigenvalue weighted by Gasteiger charge is -2.34. The van der Waals surface area contributed by atoms with Crippen molar-refractivity contribution < 1.29 is 17.7 Å². The van der Waals surface area contributed by atoms with Crippen LogP contribution in [0.3, 0.4) is 0 Å². The van der Waals surface area contributed by atoms with Gasteiger partial charge in [-0.25, -0.2) is 8.42 Å². The third kappa shape index (κ3) is 3.59. The fourth-order valence-corrected chi connectivity index (χ4v) is 5.20. The van der Waals surface area contributed by atoms with E-state index in [4.69, 9.17) is 27.7 Å². The van der Waals surface area contributed by atoms with Gasteiger partial charge in [-0.2, -0.15) is 4.31 Å². The van der Waals surface area contributed by atoms with Crippen molar-refractivity contribution in [3.63, 3.8) is 0 Å². The number of rotatable bonds is 3. The minimum Gasteiger partial charge on any atom is -0.360 e. The van der Waals surface area contributed by atoms with Gasteiger partial charge in [0.25, 0.3) is 5.91 Å². The van der Waals surface area contributed by atoms with Gasteiger partial charge in [0.1, 0.15) is 10.6 Å². The van der Waals surface area contributed by atoms with Gasteiger partial charge in [0.15, 0.2) is 5.76 Å². The van der Waals surface area contributed by atoms with E-state index in [2.05, 4.69) is 5.16 Å². The van der Waals surface area contributed by atoms with E-state index in [1.54, 1.807) is 36.9 Å². The van der Waals surface area contributed by atoms with Crippen molar-refractivity contribution in [1.82, 2.24) is 14.4 Å². The fourth-order valence-electron chi connectivity index (χ4n) is 2.96. The van der Waals surface area contributed by atoms with E-state index >= 15 is 0 Å². The van der Waals surface area contributed by atoms with Crippen LogP contribution in [0, 0.1) is 13.8 Å². The highest BCUT2D eigenvalue weighted by atomic mass is 35.5. The number of nitrogens with zero attached hydrogens (tertiary/aromatic N) is 3. The largest absolute Gasteiger partial charge is 0.360 e. The summed E-state index contributed by atoms with van der Waals surface area (Å²) in [5.41, 5.74) is 0.708. The van der Waals surface area contributed by atoms with Crippen molar-refractivity contribution in [2.75, 3.05) is 26.2 Å². The number of halogens is 2. The third-order valence-corrected chi connectivity index (χ3v) is 6.78. The number of carbonyl (C=O) groups excluding carboxylic acids is 1. The Bertz CT molecular complexity index is 911. The van der Waals surface area contributed by atoms with Crippen LogP contribution in [0.5, 0.6) is 0 Å². The summed E-state index contributed by atoms with van der Waals surface area (Å²) in [4.78, 5) is 14.3. The quantitative estimate of drug-likeness (QED) is 0.766. The van der Waals surface area contributed by atoms with Crippen molar-refractivity contribution in [3.8, 4) is 0 Å². The van der Waals surface area contributed by atoms with E-state index in [9.17, 15) is 13.2 Å². The van der Waals surface area contributed by atoms with Crippen LogP contribution in [-0.4, -0.2) is 54.9 Å². The van der Waals surface area contributed by atoms with Crippen molar-refractivity contribution >= 4 is 39.1 Å². The number of hydrogen-bond acceptors (Lipinski definition) is 5. The Morgan fingerprint density at radius 3 is 2.15 bits per heavy atom. The summed E-state index contributed by atoms with van der Waals surface area (Å²) in [5.74, 6) is 0.0263. The van der Waals surface area contributed by atoms with Crippen LogP contribution in [0.4, 0.5) is 0 Å². The summed E-state index contributed by atoms with van der Waals surface area (Å²) in [6, 6.07) is 4.64. The van der Waals surface area contributed by atoms with Crippen LogP contribution in [0.1, 0.15) is 21.8 Å². The molecule has 0 spiro atoms. The Kier molecular flexibility index (Phi) is 5.30. The first kappa shape index (κ1) is 19.2. The predicted molar refractivity (Wildman–Crippen MR) is 97.1 cm³/mol. The lowest BCUT2D eigenvalue weighted by Crippen LogP contribution is -2.50. The lowest BCUT2D eigenvalue weighted by atomic mass is 10.2. The molecule has 0 bridgehead atoms. The summed E-state index contributed by atoms with van der Waals surface area (Å²) in [6.45, 7) is 4.07. The Balaban J connectivity index is 1.74. The minimum absolute atomic E-state index is 0.0962. The van der Waals surface area contributed by atoms with E-state index in [-0.39, 0.29) is 42.7 Å². The van der Waals surface area contributed by atoms with Crippen LogP contribution in [0.15, 0.2) is 27.6 Å². The number of benzene rings is 1. The maximum atomic E-state index is 12.8. The molecule has 1 saturated heterocycles. The molecule has 1 aromatic heterocycles. The van der Waals surface area contributed by atoms with Crippen LogP contribution in [0.2, 0.25) is 10.0 Å². The fraction of sp³-hybridized carbons (Fsp3) is 0.375. The Morgan fingerprint density at radius 2 is 1.65 bits per heavy atom. The SMILES string of the molecule is Cc1noc(C)c1S(=O)(=O)N1CCN(C(=O)c2cc(Cl)cc(Cl)c2)CC1. The summed E-state index contributed by atoms with van der Waals surface area (Å²) in [6.07, 6.45) is 0. The van der Waals surface area contributed by atoms with Crippen LogP contribution in [-0.2, 0) is 10.0 Å². The summed E-state index contributed by atoms with van der Waals surface area (Å²) < 4.78 is 31.9. The average molecular weight is 418 g/mol. The van der Waals surface area contributed by atoms with Crippen molar-refractivity contribution in [2.45, 2.75) is 18.7 Å². The molecule has 7 nitrogen and oxygen atoms in total. The summed E-state index contributed by atoms with van der Waals surface area (Å²) in [5, 5.41) is 4.46. The molecule has 3 rings (SSSR count). The Morgan fingerprint density at radius 1 is 1.08 bits per heavy atom. The number of piperazine rings is 1. The van der Waals surface area contributed by atoms with Gasteiger partial charge in [0.2, 0.25) is 10.0 Å². The molecule has 2 heterocycles. The highest BCUT2D eigenvalue weighted by Crippen LogP contribution is 2.25. The Hall–Kier alpha value is -1.61. The zero-order chi connectivity index (χ0) is 19.1. The molecule has 1 aromatic carbocycles. The number of carbonyl (C=O) groups is 1. The molecule has 1 aliphatic heterocycles. The van der Waals surface area contributed by atoms with E-state index in [1.807, 2.05) is 0 Å². The van der Waals surface area contributed by atoms with Gasteiger partial charge in [-0.15, -0.1) is 0 Å². The van der Waals surface area contributed by atoms with Gasteiger partial charge in [-0.05, 0) is 32.0 Å². The summed E-state index contributed by atoms with van der Waals surface area (Å²) >= 11 is 11.9. The van der Waals surface area contributed by atoms with Gasteiger partial charge in [0, 0.05) is 41.8 Å².